The van der Waals surface area contributed by atoms with Crippen molar-refractivity contribution in [3.8, 4) is 0 Å². The summed E-state index contributed by atoms with van der Waals surface area (Å²) in [4.78, 5) is 0. The first kappa shape index (κ1) is 12.0. The maximum atomic E-state index is 9.21. The van der Waals surface area contributed by atoms with Crippen molar-refractivity contribution in [3.05, 3.63) is 0 Å². The number of hydrogen-bond acceptors (Lipinski definition) is 3. The highest BCUT2D eigenvalue weighted by Gasteiger charge is 2.26. The molecule has 1 rings (SSSR count). The van der Waals surface area contributed by atoms with E-state index in [4.69, 9.17) is 9.47 Å². The molecular formula is C11H22O3. The Morgan fingerprint density at radius 2 is 1.93 bits per heavy atom. The van der Waals surface area contributed by atoms with E-state index in [9.17, 15) is 5.11 Å². The number of aliphatic hydroxyl groups excluding tert-OH is 1. The fraction of sp³-hybridized carbons (Fsp3) is 1.00. The topological polar surface area (TPSA) is 38.7 Å². The highest BCUT2D eigenvalue weighted by molar-refractivity contribution is 4.67. The predicted octanol–water partition coefficient (Wildman–Crippen LogP) is 1.94. The van der Waals surface area contributed by atoms with Crippen molar-refractivity contribution in [1.29, 1.82) is 0 Å². The average molecular weight is 202 g/mol. The monoisotopic (exact) mass is 202 g/mol. The van der Waals surface area contributed by atoms with Gasteiger partial charge in [0.25, 0.3) is 0 Å². The summed E-state index contributed by atoms with van der Waals surface area (Å²) in [7, 11) is 0. The van der Waals surface area contributed by atoms with Gasteiger partial charge in [-0.15, -0.1) is 0 Å². The van der Waals surface area contributed by atoms with Gasteiger partial charge in [-0.3, -0.25) is 0 Å². The summed E-state index contributed by atoms with van der Waals surface area (Å²) in [6.45, 7) is 5.21. The van der Waals surface area contributed by atoms with Crippen molar-refractivity contribution in [1.82, 2.24) is 0 Å². The maximum Gasteiger partial charge on any atom is 0.160 e. The molecular weight excluding hydrogens is 180 g/mol. The molecule has 1 N–H and O–H groups in total. The van der Waals surface area contributed by atoms with E-state index in [-0.39, 0.29) is 6.29 Å². The van der Waals surface area contributed by atoms with Crippen LogP contribution < -0.4 is 0 Å². The predicted molar refractivity (Wildman–Crippen MR) is 55.0 cm³/mol. The van der Waals surface area contributed by atoms with Gasteiger partial charge < -0.3 is 14.6 Å². The SMILES string of the molecule is CCCC[C@H](CC)C1OCC(O)CO1. The van der Waals surface area contributed by atoms with Crippen molar-refractivity contribution >= 4 is 0 Å². The molecule has 84 valence electrons. The van der Waals surface area contributed by atoms with E-state index in [1.54, 1.807) is 0 Å². The van der Waals surface area contributed by atoms with Gasteiger partial charge in [0.15, 0.2) is 6.29 Å². The molecule has 0 aliphatic carbocycles. The fourth-order valence-electron chi connectivity index (χ4n) is 1.78. The van der Waals surface area contributed by atoms with Crippen molar-refractivity contribution < 1.29 is 14.6 Å². The quantitative estimate of drug-likeness (QED) is 0.740. The van der Waals surface area contributed by atoms with Crippen LogP contribution in [-0.2, 0) is 9.47 Å². The summed E-state index contributed by atoms with van der Waals surface area (Å²) < 4.78 is 10.9. The van der Waals surface area contributed by atoms with Crippen molar-refractivity contribution in [2.75, 3.05) is 13.2 Å². The lowest BCUT2D eigenvalue weighted by atomic mass is 9.98. The number of unbranched alkanes of at least 4 members (excludes halogenated alkanes) is 1. The van der Waals surface area contributed by atoms with Crippen LogP contribution in [-0.4, -0.2) is 30.7 Å². The van der Waals surface area contributed by atoms with Crippen molar-refractivity contribution in [2.24, 2.45) is 5.92 Å². The number of ether oxygens (including phenoxy) is 2. The summed E-state index contributed by atoms with van der Waals surface area (Å²) in [6.07, 6.45) is 4.16. The summed E-state index contributed by atoms with van der Waals surface area (Å²) in [5.41, 5.74) is 0. The van der Waals surface area contributed by atoms with E-state index in [1.165, 1.54) is 12.8 Å². The molecule has 0 aromatic carbocycles. The molecule has 1 fully saturated rings. The molecule has 1 atom stereocenters. The summed E-state index contributed by atoms with van der Waals surface area (Å²) >= 11 is 0. The first-order valence-corrected chi connectivity index (χ1v) is 5.69. The smallest absolute Gasteiger partial charge is 0.160 e. The van der Waals surface area contributed by atoms with Crippen LogP contribution in [0.15, 0.2) is 0 Å². The lowest BCUT2D eigenvalue weighted by Crippen LogP contribution is -2.39. The van der Waals surface area contributed by atoms with Gasteiger partial charge in [-0.05, 0) is 12.8 Å². The Labute approximate surface area is 86.4 Å². The molecule has 1 aliphatic rings. The summed E-state index contributed by atoms with van der Waals surface area (Å²) in [5.74, 6) is 0.488. The van der Waals surface area contributed by atoms with Gasteiger partial charge in [-0.1, -0.05) is 26.7 Å². The minimum atomic E-state index is -0.435. The van der Waals surface area contributed by atoms with Gasteiger partial charge in [0.05, 0.1) is 13.2 Å². The molecule has 14 heavy (non-hydrogen) atoms. The van der Waals surface area contributed by atoms with Crippen LogP contribution in [0.3, 0.4) is 0 Å². The zero-order valence-corrected chi connectivity index (χ0v) is 9.24. The Hall–Kier alpha value is -0.120. The van der Waals surface area contributed by atoms with Crippen LogP contribution in [0.25, 0.3) is 0 Å². The Kier molecular flexibility index (Phi) is 5.45. The van der Waals surface area contributed by atoms with Gasteiger partial charge >= 0.3 is 0 Å². The molecule has 0 spiro atoms. The Balaban J connectivity index is 2.29. The molecule has 1 heterocycles. The van der Waals surface area contributed by atoms with Gasteiger partial charge in [-0.25, -0.2) is 0 Å². The van der Waals surface area contributed by atoms with Crippen LogP contribution in [0.1, 0.15) is 39.5 Å². The second-order valence-corrected chi connectivity index (χ2v) is 4.00. The average Bonchev–Trinajstić information content (AvgIpc) is 2.21. The van der Waals surface area contributed by atoms with E-state index >= 15 is 0 Å². The van der Waals surface area contributed by atoms with Gasteiger partial charge in [0, 0.05) is 5.92 Å². The van der Waals surface area contributed by atoms with E-state index < -0.39 is 6.10 Å². The molecule has 0 radical (unpaired) electrons. The highest BCUT2D eigenvalue weighted by atomic mass is 16.7. The Morgan fingerprint density at radius 3 is 2.43 bits per heavy atom. The number of rotatable bonds is 5. The molecule has 0 amide bonds. The molecule has 0 saturated carbocycles. The number of aliphatic hydroxyl groups is 1. The zero-order valence-electron chi connectivity index (χ0n) is 9.24. The van der Waals surface area contributed by atoms with Gasteiger partial charge in [0.1, 0.15) is 6.10 Å². The maximum absolute atomic E-state index is 9.21. The van der Waals surface area contributed by atoms with Crippen molar-refractivity contribution in [2.45, 2.75) is 51.9 Å². The second kappa shape index (κ2) is 6.38. The third kappa shape index (κ3) is 3.56. The molecule has 3 heteroatoms. The van der Waals surface area contributed by atoms with Crippen LogP contribution in [0.5, 0.6) is 0 Å². The minimum Gasteiger partial charge on any atom is -0.388 e. The lowest BCUT2D eigenvalue weighted by molar-refractivity contribution is -0.238. The Bertz CT molecular complexity index is 139. The second-order valence-electron chi connectivity index (χ2n) is 4.00. The van der Waals surface area contributed by atoms with Crippen molar-refractivity contribution in [3.63, 3.8) is 0 Å². The van der Waals surface area contributed by atoms with E-state index in [0.717, 1.165) is 12.8 Å². The van der Waals surface area contributed by atoms with E-state index in [2.05, 4.69) is 13.8 Å². The number of hydrogen-bond donors (Lipinski definition) is 1. The lowest BCUT2D eigenvalue weighted by Gasteiger charge is -2.32. The first-order chi connectivity index (χ1) is 6.77. The van der Waals surface area contributed by atoms with Crippen LogP contribution in [0.4, 0.5) is 0 Å². The fourth-order valence-corrected chi connectivity index (χ4v) is 1.78. The Morgan fingerprint density at radius 1 is 1.29 bits per heavy atom. The van der Waals surface area contributed by atoms with Crippen LogP contribution in [0.2, 0.25) is 0 Å². The third-order valence-electron chi connectivity index (χ3n) is 2.74. The normalized spacial score (nSPS) is 30.2. The molecule has 0 aromatic heterocycles. The standard InChI is InChI=1S/C11H22O3/c1-3-5-6-9(4-2)11-13-7-10(12)8-14-11/h9-12H,3-8H2,1-2H3/t9-,10?,11?/m0/s1. The van der Waals surface area contributed by atoms with E-state index in [0.29, 0.717) is 19.1 Å². The minimum absolute atomic E-state index is 0.0880. The van der Waals surface area contributed by atoms with Crippen LogP contribution >= 0.6 is 0 Å². The molecule has 0 aromatic rings. The molecule has 1 aliphatic heterocycles. The summed E-state index contributed by atoms with van der Waals surface area (Å²) in [5, 5.41) is 9.21. The molecule has 0 bridgehead atoms. The summed E-state index contributed by atoms with van der Waals surface area (Å²) in [6, 6.07) is 0. The first-order valence-electron chi connectivity index (χ1n) is 5.69. The zero-order chi connectivity index (χ0) is 10.4. The highest BCUT2D eigenvalue weighted by Crippen LogP contribution is 2.22. The largest absolute Gasteiger partial charge is 0.388 e. The molecule has 3 nitrogen and oxygen atoms in total. The third-order valence-corrected chi connectivity index (χ3v) is 2.74. The molecule has 0 unspecified atom stereocenters. The van der Waals surface area contributed by atoms with Gasteiger partial charge in [-0.2, -0.15) is 0 Å². The van der Waals surface area contributed by atoms with Crippen LogP contribution in [0, 0.1) is 5.92 Å². The van der Waals surface area contributed by atoms with E-state index in [1.807, 2.05) is 0 Å². The molecule has 1 saturated heterocycles. The van der Waals surface area contributed by atoms with Gasteiger partial charge in [0.2, 0.25) is 0 Å².